The lowest BCUT2D eigenvalue weighted by Crippen LogP contribution is -2.86. The van der Waals surface area contributed by atoms with Crippen LogP contribution in [0.1, 0.15) is 0 Å². The number of nitrogens with zero attached hydrogens (tertiary/aromatic N) is 1. The maximum Gasteiger partial charge on any atom is 0.380 e. The van der Waals surface area contributed by atoms with Crippen LogP contribution in [-0.2, 0) is 0 Å². The fourth-order valence-corrected chi connectivity index (χ4v) is 3.71. The van der Waals surface area contributed by atoms with Crippen LogP contribution in [0.15, 0.2) is 0 Å². The van der Waals surface area contributed by atoms with Crippen LogP contribution in [0.4, 0.5) is 74.6 Å². The van der Waals surface area contributed by atoms with Crippen molar-refractivity contribution in [2.45, 2.75) is 58.8 Å². The minimum Gasteiger partial charge on any atom is -0.228 e. The van der Waals surface area contributed by atoms with E-state index in [2.05, 4.69) is 0 Å². The third-order valence-electron chi connectivity index (χ3n) is 5.09. The van der Waals surface area contributed by atoms with Gasteiger partial charge in [-0.2, -0.15) is 61.5 Å². The van der Waals surface area contributed by atoms with Gasteiger partial charge < -0.3 is 0 Å². The second-order valence-corrected chi connectivity index (χ2v) is 6.23. The summed E-state index contributed by atoms with van der Waals surface area (Å²) >= 11 is 0. The van der Waals surface area contributed by atoms with E-state index in [1.165, 1.54) is 0 Å². The summed E-state index contributed by atoms with van der Waals surface area (Å²) in [5.74, 6) is -31.7. The Balaban J connectivity index is 2.66. The van der Waals surface area contributed by atoms with Gasteiger partial charge in [-0.25, -0.2) is 13.2 Å². The highest BCUT2D eigenvalue weighted by Crippen LogP contribution is 2.85. The number of rotatable bonds is 0. The Morgan fingerprint density at radius 3 is 0.929 bits per heavy atom. The summed E-state index contributed by atoms with van der Waals surface area (Å²) in [6.07, 6.45) is 0. The molecule has 1 saturated carbocycles. The second-order valence-electron chi connectivity index (χ2n) is 6.23. The van der Waals surface area contributed by atoms with Crippen LogP contribution >= 0.6 is 0 Å². The maximum atomic E-state index is 14.6. The van der Waals surface area contributed by atoms with E-state index in [9.17, 15) is 74.6 Å². The van der Waals surface area contributed by atoms with Crippen molar-refractivity contribution >= 4 is 0 Å². The zero-order valence-corrected chi connectivity index (χ0v) is 11.9. The van der Waals surface area contributed by atoms with Crippen molar-refractivity contribution in [3.8, 4) is 0 Å². The summed E-state index contributed by atoms with van der Waals surface area (Å²) in [6, 6.07) is -23.0. The van der Waals surface area contributed by atoms with Crippen LogP contribution in [0.3, 0.4) is 0 Å². The molecule has 3 rings (SSSR count). The van der Waals surface area contributed by atoms with Gasteiger partial charge in [0.15, 0.2) is 0 Å². The van der Waals surface area contributed by atoms with Crippen LogP contribution in [0, 0.1) is 0 Å². The van der Waals surface area contributed by atoms with E-state index in [1.54, 1.807) is 0 Å². The van der Waals surface area contributed by atoms with Crippen molar-refractivity contribution in [1.29, 1.82) is 0 Å². The lowest BCUT2D eigenvalue weighted by atomic mass is 9.68. The van der Waals surface area contributed by atoms with Crippen LogP contribution in [0.25, 0.3) is 0 Å². The molecule has 4 unspecified atom stereocenters. The molecule has 2 saturated heterocycles. The zero-order valence-electron chi connectivity index (χ0n) is 11.9. The van der Waals surface area contributed by atoms with Crippen molar-refractivity contribution in [3.05, 3.63) is 0 Å². The molecule has 0 aromatic carbocycles. The fraction of sp³-hybridized carbons (Fsp3) is 1.00. The number of hydrogen-bond donors (Lipinski definition) is 0. The van der Waals surface area contributed by atoms with E-state index in [0.717, 1.165) is 0 Å². The standard InChI is InChI=1S/C10F17N/c11-1-2(12,5(16,17)7(20,21)4(1,14)15)8(22,23)28-9(24,25)3(1,13)6(18,19)10(28,26)27. The molecule has 3 aliphatic rings. The Morgan fingerprint density at radius 2 is 0.571 bits per heavy atom. The van der Waals surface area contributed by atoms with Crippen LogP contribution in [0.5, 0.6) is 0 Å². The summed E-state index contributed by atoms with van der Waals surface area (Å²) in [7, 11) is 0. The van der Waals surface area contributed by atoms with Gasteiger partial charge in [-0.05, 0) is 0 Å². The number of halogens is 17. The summed E-state index contributed by atoms with van der Waals surface area (Å²) in [5.41, 5.74) is -24.2. The molecule has 2 bridgehead atoms. The van der Waals surface area contributed by atoms with E-state index in [-0.39, 0.29) is 0 Å². The van der Waals surface area contributed by atoms with Crippen molar-refractivity contribution < 1.29 is 74.6 Å². The molecule has 0 aromatic heterocycles. The first-order valence-electron chi connectivity index (χ1n) is 6.38. The van der Waals surface area contributed by atoms with Crippen molar-refractivity contribution in [2.75, 3.05) is 0 Å². The molecule has 0 aromatic rings. The molecule has 0 N–H and O–H groups in total. The highest BCUT2D eigenvalue weighted by molar-refractivity contribution is 5.47. The van der Waals surface area contributed by atoms with Gasteiger partial charge in [0.05, 0.1) is 0 Å². The number of hydrogen-bond acceptors (Lipinski definition) is 1. The van der Waals surface area contributed by atoms with Crippen LogP contribution < -0.4 is 0 Å². The van der Waals surface area contributed by atoms with Gasteiger partial charge in [-0.3, -0.25) is 0 Å². The second kappa shape index (κ2) is 4.14. The minimum absolute atomic E-state index is 3.92. The summed E-state index contributed by atoms with van der Waals surface area (Å²) in [5, 5.41) is 0. The lowest BCUT2D eigenvalue weighted by molar-refractivity contribution is -0.459. The summed E-state index contributed by atoms with van der Waals surface area (Å²) < 4.78 is 233. The third-order valence-corrected chi connectivity index (χ3v) is 5.09. The monoisotopic (exact) mass is 457 g/mol. The molecule has 2 heterocycles. The van der Waals surface area contributed by atoms with Gasteiger partial charge >= 0.3 is 53.2 Å². The highest BCUT2D eigenvalue weighted by Gasteiger charge is 3.19. The van der Waals surface area contributed by atoms with Gasteiger partial charge in [0.2, 0.25) is 0 Å². The molecule has 3 fully saturated rings. The Morgan fingerprint density at radius 1 is 0.286 bits per heavy atom. The van der Waals surface area contributed by atoms with E-state index < -0.39 is 63.7 Å². The Labute approximate surface area is 140 Å². The Hall–Kier alpha value is -1.23. The van der Waals surface area contributed by atoms with Crippen LogP contribution in [-0.4, -0.2) is 63.7 Å². The number of alkyl halides is 17. The lowest BCUT2D eigenvalue weighted by Gasteiger charge is -2.53. The molecule has 2 aliphatic heterocycles. The van der Waals surface area contributed by atoms with Gasteiger partial charge in [0.1, 0.15) is 0 Å². The van der Waals surface area contributed by atoms with Crippen LogP contribution in [0.2, 0.25) is 0 Å². The largest absolute Gasteiger partial charge is 0.380 e. The predicted molar refractivity (Wildman–Crippen MR) is 48.0 cm³/mol. The first-order chi connectivity index (χ1) is 11.9. The first kappa shape index (κ1) is 21.5. The zero-order chi connectivity index (χ0) is 22.6. The van der Waals surface area contributed by atoms with Gasteiger partial charge in [-0.15, -0.1) is 4.90 Å². The highest BCUT2D eigenvalue weighted by atomic mass is 19.4. The van der Waals surface area contributed by atoms with Crippen molar-refractivity contribution in [3.63, 3.8) is 0 Å². The first-order valence-corrected chi connectivity index (χ1v) is 6.38. The number of piperidine rings is 1. The smallest absolute Gasteiger partial charge is 0.228 e. The van der Waals surface area contributed by atoms with E-state index in [4.69, 9.17) is 0 Å². The maximum absolute atomic E-state index is 14.6. The molecule has 1 aliphatic carbocycles. The average molecular weight is 457 g/mol. The molecular weight excluding hydrogens is 457 g/mol. The predicted octanol–water partition coefficient (Wildman–Crippen LogP) is 4.77. The molecule has 164 valence electrons. The van der Waals surface area contributed by atoms with E-state index in [1.807, 2.05) is 0 Å². The Bertz CT molecular complexity index is 751. The quantitative estimate of drug-likeness (QED) is 0.374. The molecule has 18 heteroatoms. The minimum atomic E-state index is -8.24. The molecule has 0 amide bonds. The summed E-state index contributed by atoms with van der Waals surface area (Å²) in [4.78, 5) is -3.92. The third kappa shape index (κ3) is 1.23. The van der Waals surface area contributed by atoms with E-state index in [0.29, 0.717) is 0 Å². The fourth-order valence-electron chi connectivity index (χ4n) is 3.71. The topological polar surface area (TPSA) is 3.24 Å². The number of fused-ring (bicyclic) bond motifs is 4. The van der Waals surface area contributed by atoms with Gasteiger partial charge in [0.25, 0.3) is 5.67 Å². The Kier molecular flexibility index (Phi) is 3.18. The van der Waals surface area contributed by atoms with Crippen molar-refractivity contribution in [1.82, 2.24) is 4.90 Å². The molecule has 1 nitrogen and oxygen atoms in total. The SMILES string of the molecule is FC1(F)N2C(F)(F)C(F)(C1(F)F)C1(F)C(F)(F)C(F)(F)C(F)(F)C1(F)C2(F)F. The van der Waals surface area contributed by atoms with E-state index >= 15 is 0 Å². The molecule has 4 atom stereocenters. The molecule has 28 heavy (non-hydrogen) atoms. The van der Waals surface area contributed by atoms with Crippen molar-refractivity contribution in [2.24, 2.45) is 0 Å². The average Bonchev–Trinajstić information content (AvgIpc) is 2.59. The normalized spacial score (nSPS) is 50.2. The molecule has 0 spiro atoms. The summed E-state index contributed by atoms with van der Waals surface area (Å²) in [6.45, 7) is 0. The molecule has 0 radical (unpaired) electrons. The van der Waals surface area contributed by atoms with Gasteiger partial charge in [0, 0.05) is 0 Å². The molecular formula is C10F17N. The van der Waals surface area contributed by atoms with Gasteiger partial charge in [-0.1, -0.05) is 0 Å².